The number of rotatable bonds is 4. The Labute approximate surface area is 120 Å². The van der Waals surface area contributed by atoms with Crippen molar-refractivity contribution >= 4 is 0 Å². The van der Waals surface area contributed by atoms with Crippen LogP contribution in [0.2, 0.25) is 0 Å². The van der Waals surface area contributed by atoms with Crippen LogP contribution >= 0.6 is 0 Å². The summed E-state index contributed by atoms with van der Waals surface area (Å²) in [6.45, 7) is 6.31. The molecular formula is C16H24N2O2. The Morgan fingerprint density at radius 3 is 2.60 bits per heavy atom. The average Bonchev–Trinajstić information content (AvgIpc) is 2.88. The van der Waals surface area contributed by atoms with Gasteiger partial charge in [0, 0.05) is 38.8 Å². The summed E-state index contributed by atoms with van der Waals surface area (Å²) in [6, 6.07) is 10.9. The second-order valence-corrected chi connectivity index (χ2v) is 5.78. The number of likely N-dealkylation sites (tertiary alicyclic amines) is 1. The highest BCUT2D eigenvalue weighted by atomic mass is 16.5. The van der Waals surface area contributed by atoms with Gasteiger partial charge in [-0.1, -0.05) is 30.3 Å². The van der Waals surface area contributed by atoms with Crippen molar-refractivity contribution in [3.8, 4) is 0 Å². The number of nitrogens with zero attached hydrogens (tertiary/aromatic N) is 2. The molecule has 1 N–H and O–H groups in total. The maximum absolute atomic E-state index is 10.3. The number of ether oxygens (including phenoxy) is 1. The van der Waals surface area contributed by atoms with Crippen LogP contribution in [0.25, 0.3) is 0 Å². The zero-order valence-corrected chi connectivity index (χ0v) is 11.9. The molecule has 0 bridgehead atoms. The summed E-state index contributed by atoms with van der Waals surface area (Å²) in [5.41, 5.74) is 1.37. The van der Waals surface area contributed by atoms with Gasteiger partial charge in [0.2, 0.25) is 0 Å². The number of aliphatic hydroxyl groups excluding tert-OH is 1. The van der Waals surface area contributed by atoms with Crippen molar-refractivity contribution in [3.63, 3.8) is 0 Å². The topological polar surface area (TPSA) is 35.9 Å². The van der Waals surface area contributed by atoms with E-state index in [0.717, 1.165) is 52.4 Å². The Kier molecular flexibility index (Phi) is 4.68. The monoisotopic (exact) mass is 276 g/mol. The third-order valence-electron chi connectivity index (χ3n) is 4.41. The van der Waals surface area contributed by atoms with E-state index in [1.54, 1.807) is 0 Å². The van der Waals surface area contributed by atoms with Crippen LogP contribution in [0.4, 0.5) is 0 Å². The Hall–Kier alpha value is -0.940. The van der Waals surface area contributed by atoms with E-state index in [2.05, 4.69) is 40.1 Å². The van der Waals surface area contributed by atoms with E-state index in [4.69, 9.17) is 4.74 Å². The number of hydrogen-bond donors (Lipinski definition) is 1. The lowest BCUT2D eigenvalue weighted by atomic mass is 10.1. The molecule has 4 nitrogen and oxygen atoms in total. The zero-order valence-electron chi connectivity index (χ0n) is 11.9. The summed E-state index contributed by atoms with van der Waals surface area (Å²) < 4.78 is 5.39. The molecule has 0 radical (unpaired) electrons. The van der Waals surface area contributed by atoms with E-state index < -0.39 is 0 Å². The first-order chi connectivity index (χ1) is 9.83. The molecule has 2 aliphatic heterocycles. The summed E-state index contributed by atoms with van der Waals surface area (Å²) >= 11 is 0. The molecule has 0 aromatic heterocycles. The van der Waals surface area contributed by atoms with Gasteiger partial charge in [0.25, 0.3) is 0 Å². The molecule has 0 aliphatic carbocycles. The molecule has 2 atom stereocenters. The standard InChI is InChI=1S/C16H24N2O2/c19-16-13-17(7-6-14-4-2-1-3-5-14)12-15(16)18-8-10-20-11-9-18/h1-5,15-16,19H,6-13H2/t15-,16-/m0/s1. The predicted molar refractivity (Wildman–Crippen MR) is 78.8 cm³/mol. The lowest BCUT2D eigenvalue weighted by Crippen LogP contribution is -2.48. The summed E-state index contributed by atoms with van der Waals surface area (Å²) in [4.78, 5) is 4.77. The molecule has 2 fully saturated rings. The van der Waals surface area contributed by atoms with Crippen LogP contribution in [0, 0.1) is 0 Å². The highest BCUT2D eigenvalue weighted by molar-refractivity contribution is 5.15. The van der Waals surface area contributed by atoms with Gasteiger partial charge in [-0.2, -0.15) is 0 Å². The minimum Gasteiger partial charge on any atom is -0.390 e. The molecule has 0 spiro atoms. The Balaban J connectivity index is 1.50. The van der Waals surface area contributed by atoms with Gasteiger partial charge in [0.1, 0.15) is 0 Å². The van der Waals surface area contributed by atoms with Crippen LogP contribution in [0.1, 0.15) is 5.56 Å². The molecule has 1 aromatic rings. The van der Waals surface area contributed by atoms with Gasteiger partial charge < -0.3 is 9.84 Å². The van der Waals surface area contributed by atoms with Crippen molar-refractivity contribution in [2.45, 2.75) is 18.6 Å². The number of β-amino-alcohol motifs (C(OH)–C–C–N with tert-alkyl or cyclic N) is 1. The van der Waals surface area contributed by atoms with E-state index >= 15 is 0 Å². The van der Waals surface area contributed by atoms with Crippen LogP contribution in [0.3, 0.4) is 0 Å². The zero-order chi connectivity index (χ0) is 13.8. The highest BCUT2D eigenvalue weighted by Crippen LogP contribution is 2.18. The fraction of sp³-hybridized carbons (Fsp3) is 0.625. The van der Waals surface area contributed by atoms with Gasteiger partial charge in [0.15, 0.2) is 0 Å². The number of aliphatic hydroxyl groups is 1. The molecule has 2 aliphatic rings. The summed E-state index contributed by atoms with van der Waals surface area (Å²) in [5, 5.41) is 10.3. The van der Waals surface area contributed by atoms with Crippen molar-refractivity contribution in [1.82, 2.24) is 9.80 Å². The lowest BCUT2D eigenvalue weighted by molar-refractivity contribution is -0.00616. The molecule has 4 heteroatoms. The molecule has 0 unspecified atom stereocenters. The van der Waals surface area contributed by atoms with Gasteiger partial charge in [0.05, 0.1) is 19.3 Å². The van der Waals surface area contributed by atoms with Gasteiger partial charge in [-0.15, -0.1) is 0 Å². The molecule has 2 saturated heterocycles. The van der Waals surface area contributed by atoms with Crippen LogP contribution < -0.4 is 0 Å². The van der Waals surface area contributed by atoms with Crippen molar-refractivity contribution < 1.29 is 9.84 Å². The summed E-state index contributed by atoms with van der Waals surface area (Å²) in [7, 11) is 0. The van der Waals surface area contributed by atoms with Crippen LogP contribution in [0.15, 0.2) is 30.3 Å². The second-order valence-electron chi connectivity index (χ2n) is 5.78. The van der Waals surface area contributed by atoms with Crippen LogP contribution in [0.5, 0.6) is 0 Å². The molecule has 0 saturated carbocycles. The quantitative estimate of drug-likeness (QED) is 0.874. The maximum Gasteiger partial charge on any atom is 0.0834 e. The third kappa shape index (κ3) is 3.38. The number of morpholine rings is 1. The minimum atomic E-state index is -0.219. The molecule has 0 amide bonds. The summed E-state index contributed by atoms with van der Waals surface area (Å²) in [5.74, 6) is 0. The van der Waals surface area contributed by atoms with Gasteiger partial charge >= 0.3 is 0 Å². The average molecular weight is 276 g/mol. The van der Waals surface area contributed by atoms with Crippen LogP contribution in [-0.2, 0) is 11.2 Å². The van der Waals surface area contributed by atoms with E-state index in [-0.39, 0.29) is 12.1 Å². The third-order valence-corrected chi connectivity index (χ3v) is 4.41. The van der Waals surface area contributed by atoms with Crippen molar-refractivity contribution in [1.29, 1.82) is 0 Å². The second kappa shape index (κ2) is 6.68. The molecule has 3 rings (SSSR count). The SMILES string of the molecule is O[C@H]1CN(CCc2ccccc2)C[C@@H]1N1CCOCC1. The fourth-order valence-corrected chi connectivity index (χ4v) is 3.23. The van der Waals surface area contributed by atoms with Gasteiger partial charge in [-0.05, 0) is 12.0 Å². The molecule has 20 heavy (non-hydrogen) atoms. The molecular weight excluding hydrogens is 252 g/mol. The van der Waals surface area contributed by atoms with Gasteiger partial charge in [-0.25, -0.2) is 0 Å². The largest absolute Gasteiger partial charge is 0.390 e. The van der Waals surface area contributed by atoms with Crippen molar-refractivity contribution in [3.05, 3.63) is 35.9 Å². The predicted octanol–water partition coefficient (Wildman–Crippen LogP) is 0.606. The first-order valence-corrected chi connectivity index (χ1v) is 7.59. The highest BCUT2D eigenvalue weighted by Gasteiger charge is 2.35. The molecule has 1 aromatic carbocycles. The normalized spacial score (nSPS) is 28.9. The fourth-order valence-electron chi connectivity index (χ4n) is 3.23. The first-order valence-electron chi connectivity index (χ1n) is 7.59. The minimum absolute atomic E-state index is 0.219. The first kappa shape index (κ1) is 14.0. The number of benzene rings is 1. The Bertz CT molecular complexity index is 406. The smallest absolute Gasteiger partial charge is 0.0834 e. The van der Waals surface area contributed by atoms with Crippen LogP contribution in [-0.4, -0.2) is 73.0 Å². The van der Waals surface area contributed by atoms with Crippen molar-refractivity contribution in [2.24, 2.45) is 0 Å². The molecule has 110 valence electrons. The summed E-state index contributed by atoms with van der Waals surface area (Å²) in [6.07, 6.45) is 0.840. The van der Waals surface area contributed by atoms with Gasteiger partial charge in [-0.3, -0.25) is 9.80 Å². The van der Waals surface area contributed by atoms with E-state index in [9.17, 15) is 5.11 Å². The Morgan fingerprint density at radius 2 is 1.85 bits per heavy atom. The van der Waals surface area contributed by atoms with E-state index in [1.165, 1.54) is 5.56 Å². The number of hydrogen-bond acceptors (Lipinski definition) is 4. The molecule has 2 heterocycles. The maximum atomic E-state index is 10.3. The lowest BCUT2D eigenvalue weighted by Gasteiger charge is -2.33. The Morgan fingerprint density at radius 1 is 1.10 bits per heavy atom. The van der Waals surface area contributed by atoms with E-state index in [0.29, 0.717) is 0 Å². The van der Waals surface area contributed by atoms with E-state index in [1.807, 2.05) is 0 Å². The van der Waals surface area contributed by atoms with Crippen molar-refractivity contribution in [2.75, 3.05) is 45.9 Å².